The van der Waals surface area contributed by atoms with Crippen molar-refractivity contribution in [3.8, 4) is 0 Å². The zero-order valence-electron chi connectivity index (χ0n) is 10.6. The van der Waals surface area contributed by atoms with E-state index in [-0.39, 0.29) is 25.8 Å². The molecule has 0 aromatic heterocycles. The third-order valence-electron chi connectivity index (χ3n) is 2.71. The van der Waals surface area contributed by atoms with Gasteiger partial charge in [-0.2, -0.15) is 13.2 Å². The van der Waals surface area contributed by atoms with Gasteiger partial charge in [0.05, 0.1) is 15.6 Å². The van der Waals surface area contributed by atoms with Gasteiger partial charge in [0.15, 0.2) is 0 Å². The summed E-state index contributed by atoms with van der Waals surface area (Å²) in [7, 11) is 0. The summed E-state index contributed by atoms with van der Waals surface area (Å²) in [6.45, 7) is 0. The Morgan fingerprint density at radius 3 is 2.32 bits per heavy atom. The van der Waals surface area contributed by atoms with E-state index in [0.29, 0.717) is 0 Å². The molecule has 0 aliphatic carbocycles. The van der Waals surface area contributed by atoms with Crippen LogP contribution in [-0.4, -0.2) is 5.91 Å². The SMILES string of the molecule is O=C(Nc1ccc(Br)c(C(F)(F)F)c1)c1ccc(Cl)c(Cl)c1. The fraction of sp³-hybridized carbons (Fsp3) is 0.0714. The predicted molar refractivity (Wildman–Crippen MR) is 83.6 cm³/mol. The van der Waals surface area contributed by atoms with E-state index in [1.165, 1.54) is 30.3 Å². The average molecular weight is 413 g/mol. The van der Waals surface area contributed by atoms with Crippen LogP contribution in [0.25, 0.3) is 0 Å². The Kier molecular flexibility index (Phi) is 5.04. The van der Waals surface area contributed by atoms with Gasteiger partial charge in [-0.3, -0.25) is 4.79 Å². The first-order chi connectivity index (χ1) is 10.2. The molecule has 0 spiro atoms. The van der Waals surface area contributed by atoms with Gasteiger partial charge in [0, 0.05) is 15.7 Å². The third kappa shape index (κ3) is 3.94. The Labute approximate surface area is 142 Å². The Hall–Kier alpha value is -1.24. The van der Waals surface area contributed by atoms with Gasteiger partial charge in [-0.1, -0.05) is 39.1 Å². The molecule has 8 heteroatoms. The summed E-state index contributed by atoms with van der Waals surface area (Å²) >= 11 is 14.4. The van der Waals surface area contributed by atoms with E-state index in [1.807, 2.05) is 0 Å². The minimum Gasteiger partial charge on any atom is -0.322 e. The molecule has 2 nitrogen and oxygen atoms in total. The maximum absolute atomic E-state index is 12.8. The second-order valence-corrected chi connectivity index (χ2v) is 5.94. The first-order valence-corrected chi connectivity index (χ1v) is 7.36. The molecule has 22 heavy (non-hydrogen) atoms. The molecular formula is C14H7BrCl2F3NO. The maximum Gasteiger partial charge on any atom is 0.417 e. The summed E-state index contributed by atoms with van der Waals surface area (Å²) in [5, 5.41) is 2.84. The van der Waals surface area contributed by atoms with Crippen LogP contribution in [0.2, 0.25) is 10.0 Å². The molecule has 1 amide bonds. The van der Waals surface area contributed by atoms with Crippen molar-refractivity contribution in [2.45, 2.75) is 6.18 Å². The second kappa shape index (κ2) is 6.48. The molecule has 0 radical (unpaired) electrons. The van der Waals surface area contributed by atoms with Gasteiger partial charge >= 0.3 is 6.18 Å². The highest BCUT2D eigenvalue weighted by Gasteiger charge is 2.33. The molecule has 0 saturated carbocycles. The van der Waals surface area contributed by atoms with Crippen molar-refractivity contribution in [3.63, 3.8) is 0 Å². The highest BCUT2D eigenvalue weighted by molar-refractivity contribution is 9.10. The predicted octanol–water partition coefficient (Wildman–Crippen LogP) is 6.03. The molecule has 0 saturated heterocycles. The van der Waals surface area contributed by atoms with Gasteiger partial charge in [0.25, 0.3) is 5.91 Å². The highest BCUT2D eigenvalue weighted by Crippen LogP contribution is 2.36. The van der Waals surface area contributed by atoms with Crippen LogP contribution < -0.4 is 5.32 Å². The van der Waals surface area contributed by atoms with Crippen LogP contribution >= 0.6 is 39.1 Å². The van der Waals surface area contributed by atoms with Crippen LogP contribution in [0.5, 0.6) is 0 Å². The minimum absolute atomic E-state index is 0.0200. The van der Waals surface area contributed by atoms with E-state index in [1.54, 1.807) is 0 Å². The highest BCUT2D eigenvalue weighted by atomic mass is 79.9. The fourth-order valence-electron chi connectivity index (χ4n) is 1.66. The smallest absolute Gasteiger partial charge is 0.322 e. The lowest BCUT2D eigenvalue weighted by atomic mass is 10.1. The number of hydrogen-bond donors (Lipinski definition) is 1. The standard InChI is InChI=1S/C14H7BrCl2F3NO/c15-10-3-2-8(6-9(10)14(18,19)20)21-13(22)7-1-4-11(16)12(17)5-7/h1-6H,(H,21,22). The molecule has 0 bridgehead atoms. The van der Waals surface area contributed by atoms with Crippen molar-refractivity contribution < 1.29 is 18.0 Å². The van der Waals surface area contributed by atoms with E-state index in [0.717, 1.165) is 6.07 Å². The molecule has 0 aliphatic heterocycles. The molecule has 0 atom stereocenters. The number of anilines is 1. The van der Waals surface area contributed by atoms with Crippen LogP contribution in [0.3, 0.4) is 0 Å². The topological polar surface area (TPSA) is 29.1 Å². The number of alkyl halides is 3. The van der Waals surface area contributed by atoms with Crippen molar-refractivity contribution >= 4 is 50.7 Å². The van der Waals surface area contributed by atoms with Crippen molar-refractivity contribution in [2.24, 2.45) is 0 Å². The maximum atomic E-state index is 12.8. The first-order valence-electron chi connectivity index (χ1n) is 5.81. The van der Waals surface area contributed by atoms with E-state index in [9.17, 15) is 18.0 Å². The van der Waals surface area contributed by atoms with Crippen LogP contribution in [0.15, 0.2) is 40.9 Å². The number of amides is 1. The Morgan fingerprint density at radius 2 is 1.73 bits per heavy atom. The van der Waals surface area contributed by atoms with Crippen molar-refractivity contribution in [2.75, 3.05) is 5.32 Å². The molecule has 1 N–H and O–H groups in total. The number of nitrogens with one attached hydrogen (secondary N) is 1. The van der Waals surface area contributed by atoms with Gasteiger partial charge in [-0.25, -0.2) is 0 Å². The van der Waals surface area contributed by atoms with E-state index in [4.69, 9.17) is 23.2 Å². The lowest BCUT2D eigenvalue weighted by molar-refractivity contribution is -0.138. The summed E-state index contributed by atoms with van der Waals surface area (Å²) in [5.41, 5.74) is -0.670. The molecule has 116 valence electrons. The number of carbonyl (C=O) groups excluding carboxylic acids is 1. The number of benzene rings is 2. The Balaban J connectivity index is 2.27. The number of carbonyl (C=O) groups is 1. The molecule has 0 aliphatic rings. The molecule has 2 rings (SSSR count). The molecule has 2 aromatic rings. The van der Waals surface area contributed by atoms with Gasteiger partial charge in [0.1, 0.15) is 0 Å². The van der Waals surface area contributed by atoms with Crippen LogP contribution in [0.4, 0.5) is 18.9 Å². The van der Waals surface area contributed by atoms with E-state index in [2.05, 4.69) is 21.2 Å². The summed E-state index contributed by atoms with van der Waals surface area (Å²) in [5.74, 6) is -0.589. The molecular weight excluding hydrogens is 406 g/mol. The normalized spacial score (nSPS) is 11.4. The van der Waals surface area contributed by atoms with Crippen LogP contribution in [0.1, 0.15) is 15.9 Å². The molecule has 0 fully saturated rings. The summed E-state index contributed by atoms with van der Waals surface area (Å²) in [6, 6.07) is 7.61. The lowest BCUT2D eigenvalue weighted by Crippen LogP contribution is -2.13. The molecule has 2 aromatic carbocycles. The molecule has 0 unspecified atom stereocenters. The van der Waals surface area contributed by atoms with Gasteiger partial charge in [-0.15, -0.1) is 0 Å². The quantitative estimate of drug-likeness (QED) is 0.641. The van der Waals surface area contributed by atoms with Crippen LogP contribution in [-0.2, 0) is 6.18 Å². The Morgan fingerprint density at radius 1 is 1.05 bits per heavy atom. The average Bonchev–Trinajstić information content (AvgIpc) is 2.42. The van der Waals surface area contributed by atoms with Crippen molar-refractivity contribution in [1.29, 1.82) is 0 Å². The third-order valence-corrected chi connectivity index (χ3v) is 4.14. The first kappa shape index (κ1) is 17.1. The van der Waals surface area contributed by atoms with Gasteiger partial charge in [0.2, 0.25) is 0 Å². The Bertz CT molecular complexity index is 735. The van der Waals surface area contributed by atoms with Gasteiger partial charge in [-0.05, 0) is 36.4 Å². The van der Waals surface area contributed by atoms with Gasteiger partial charge < -0.3 is 5.32 Å². The zero-order valence-corrected chi connectivity index (χ0v) is 13.7. The van der Waals surface area contributed by atoms with Crippen LogP contribution in [0, 0.1) is 0 Å². The fourth-order valence-corrected chi connectivity index (χ4v) is 2.43. The zero-order chi connectivity index (χ0) is 16.5. The van der Waals surface area contributed by atoms with E-state index < -0.39 is 17.6 Å². The lowest BCUT2D eigenvalue weighted by Gasteiger charge is -2.12. The number of halogens is 6. The number of hydrogen-bond acceptors (Lipinski definition) is 1. The monoisotopic (exact) mass is 411 g/mol. The summed E-state index contributed by atoms with van der Waals surface area (Å²) in [6.07, 6.45) is -4.52. The largest absolute Gasteiger partial charge is 0.417 e. The summed E-state index contributed by atoms with van der Waals surface area (Å²) in [4.78, 5) is 12.0. The van der Waals surface area contributed by atoms with Crippen molar-refractivity contribution in [1.82, 2.24) is 0 Å². The minimum atomic E-state index is -4.52. The van der Waals surface area contributed by atoms with Crippen molar-refractivity contribution in [3.05, 3.63) is 62.0 Å². The molecule has 0 heterocycles. The number of rotatable bonds is 2. The van der Waals surface area contributed by atoms with E-state index >= 15 is 0 Å². The summed E-state index contributed by atoms with van der Waals surface area (Å²) < 4.78 is 38.3. The second-order valence-electron chi connectivity index (χ2n) is 4.28.